The van der Waals surface area contributed by atoms with E-state index in [4.69, 9.17) is 0 Å². The summed E-state index contributed by atoms with van der Waals surface area (Å²) in [5.74, 6) is 1.27. The van der Waals surface area contributed by atoms with E-state index in [0.29, 0.717) is 37.4 Å². The summed E-state index contributed by atoms with van der Waals surface area (Å²) < 4.78 is 0. The van der Waals surface area contributed by atoms with Gasteiger partial charge in [-0.2, -0.15) is 0 Å². The Hall–Kier alpha value is -1.63. The van der Waals surface area contributed by atoms with Gasteiger partial charge in [-0.1, -0.05) is 26.7 Å². The maximum Gasteiger partial charge on any atom is 0.221 e. The summed E-state index contributed by atoms with van der Waals surface area (Å²) in [7, 11) is 1.73. The number of aromatic nitrogens is 1. The summed E-state index contributed by atoms with van der Waals surface area (Å²) >= 11 is 1.66. The molecular formula is C17H29N5OS. The van der Waals surface area contributed by atoms with Crippen LogP contribution in [0.1, 0.15) is 62.6 Å². The van der Waals surface area contributed by atoms with Crippen LogP contribution in [0.25, 0.3) is 0 Å². The number of aliphatic imine (C=N–C) groups is 1. The normalized spacial score (nSPS) is 15.8. The van der Waals surface area contributed by atoms with Gasteiger partial charge in [0.05, 0.1) is 12.2 Å². The number of carbonyl (C=O) groups is 1. The van der Waals surface area contributed by atoms with Crippen molar-refractivity contribution < 1.29 is 4.79 Å². The first-order chi connectivity index (χ1) is 11.6. The minimum absolute atomic E-state index is 0.117. The van der Waals surface area contributed by atoms with Crippen molar-refractivity contribution in [3.05, 3.63) is 16.1 Å². The average Bonchev–Trinajstić information content (AvgIpc) is 3.22. The third kappa shape index (κ3) is 6.11. The first kappa shape index (κ1) is 18.7. The molecule has 1 amide bonds. The average molecular weight is 352 g/mol. The monoisotopic (exact) mass is 351 g/mol. The van der Waals surface area contributed by atoms with E-state index in [1.807, 2.05) is 0 Å². The summed E-state index contributed by atoms with van der Waals surface area (Å²) in [6.07, 6.45) is 5.17. The Labute approximate surface area is 148 Å². The van der Waals surface area contributed by atoms with Crippen LogP contribution in [0.4, 0.5) is 0 Å². The Morgan fingerprint density at radius 3 is 2.75 bits per heavy atom. The molecule has 0 unspecified atom stereocenters. The quantitative estimate of drug-likeness (QED) is 0.521. The highest BCUT2D eigenvalue weighted by atomic mass is 32.1. The zero-order valence-electron chi connectivity index (χ0n) is 14.9. The predicted molar refractivity (Wildman–Crippen MR) is 99.4 cm³/mol. The molecular weight excluding hydrogens is 322 g/mol. The second-order valence-electron chi connectivity index (χ2n) is 6.47. The number of hydrogen-bond donors (Lipinski definition) is 3. The lowest BCUT2D eigenvalue weighted by Gasteiger charge is -2.13. The molecule has 0 bridgehead atoms. The number of nitrogens with zero attached hydrogens (tertiary/aromatic N) is 2. The standard InChI is InChI=1S/C17H29N5OS/c1-12(2)14-11-24-16(22-14)10-20-17(18-3)19-9-8-15(23)21-13-6-4-5-7-13/h11-13H,4-10H2,1-3H3,(H,21,23)(H2,18,19,20). The van der Waals surface area contributed by atoms with Crippen LogP contribution in [0.5, 0.6) is 0 Å². The first-order valence-electron chi connectivity index (χ1n) is 8.76. The van der Waals surface area contributed by atoms with E-state index < -0.39 is 0 Å². The van der Waals surface area contributed by atoms with Crippen LogP contribution >= 0.6 is 11.3 Å². The molecule has 2 rings (SSSR count). The maximum absolute atomic E-state index is 11.9. The zero-order chi connectivity index (χ0) is 17.4. The largest absolute Gasteiger partial charge is 0.356 e. The molecule has 1 aliphatic rings. The van der Waals surface area contributed by atoms with E-state index in [9.17, 15) is 4.79 Å². The van der Waals surface area contributed by atoms with Gasteiger partial charge in [0.1, 0.15) is 5.01 Å². The maximum atomic E-state index is 11.9. The Bertz CT molecular complexity index is 549. The van der Waals surface area contributed by atoms with Crippen LogP contribution in [0.2, 0.25) is 0 Å². The van der Waals surface area contributed by atoms with Crippen LogP contribution < -0.4 is 16.0 Å². The fraction of sp³-hybridized carbons (Fsp3) is 0.706. The highest BCUT2D eigenvalue weighted by molar-refractivity contribution is 7.09. The number of carbonyl (C=O) groups excluding carboxylic acids is 1. The van der Waals surface area contributed by atoms with Crippen molar-refractivity contribution in [2.45, 2.75) is 64.5 Å². The minimum atomic E-state index is 0.117. The van der Waals surface area contributed by atoms with Crippen molar-refractivity contribution >= 4 is 23.2 Å². The molecule has 1 aliphatic carbocycles. The number of guanidine groups is 1. The third-order valence-electron chi connectivity index (χ3n) is 4.16. The smallest absolute Gasteiger partial charge is 0.221 e. The van der Waals surface area contributed by atoms with Gasteiger partial charge in [0.25, 0.3) is 0 Å². The molecule has 1 aromatic heterocycles. The second-order valence-corrected chi connectivity index (χ2v) is 7.41. The molecule has 24 heavy (non-hydrogen) atoms. The molecule has 0 saturated heterocycles. The minimum Gasteiger partial charge on any atom is -0.356 e. The van der Waals surface area contributed by atoms with Gasteiger partial charge in [0, 0.05) is 31.4 Å². The van der Waals surface area contributed by atoms with Crippen LogP contribution in [-0.4, -0.2) is 36.5 Å². The topological polar surface area (TPSA) is 78.4 Å². The molecule has 1 heterocycles. The fourth-order valence-electron chi connectivity index (χ4n) is 2.72. The molecule has 0 aliphatic heterocycles. The van der Waals surface area contributed by atoms with Crippen LogP contribution in [0, 0.1) is 0 Å². The summed E-state index contributed by atoms with van der Waals surface area (Å²) in [6.45, 7) is 5.51. The zero-order valence-corrected chi connectivity index (χ0v) is 15.7. The Morgan fingerprint density at radius 1 is 1.38 bits per heavy atom. The van der Waals surface area contributed by atoms with Gasteiger partial charge in [0.2, 0.25) is 5.91 Å². The van der Waals surface area contributed by atoms with Gasteiger partial charge in [-0.15, -0.1) is 11.3 Å². The van der Waals surface area contributed by atoms with Crippen molar-refractivity contribution in [1.82, 2.24) is 20.9 Å². The van der Waals surface area contributed by atoms with Gasteiger partial charge in [-0.3, -0.25) is 9.79 Å². The summed E-state index contributed by atoms with van der Waals surface area (Å²) in [4.78, 5) is 20.7. The Kier molecular flexibility index (Phi) is 7.49. The van der Waals surface area contributed by atoms with E-state index in [1.54, 1.807) is 18.4 Å². The van der Waals surface area contributed by atoms with E-state index in [-0.39, 0.29) is 5.91 Å². The third-order valence-corrected chi connectivity index (χ3v) is 5.02. The van der Waals surface area contributed by atoms with Crippen LogP contribution in [0.3, 0.4) is 0 Å². The summed E-state index contributed by atoms with van der Waals surface area (Å²) in [5, 5.41) is 12.7. The lowest BCUT2D eigenvalue weighted by molar-refractivity contribution is -0.121. The number of nitrogens with one attached hydrogen (secondary N) is 3. The van der Waals surface area contributed by atoms with Gasteiger partial charge in [-0.05, 0) is 18.8 Å². The molecule has 0 radical (unpaired) electrons. The molecule has 134 valence electrons. The molecule has 1 saturated carbocycles. The molecule has 6 nitrogen and oxygen atoms in total. The molecule has 3 N–H and O–H groups in total. The van der Waals surface area contributed by atoms with Gasteiger partial charge < -0.3 is 16.0 Å². The Balaban J connectivity index is 1.65. The molecule has 0 aromatic carbocycles. The van der Waals surface area contributed by atoms with Crippen molar-refractivity contribution in [2.24, 2.45) is 4.99 Å². The fourth-order valence-corrected chi connectivity index (χ4v) is 3.61. The van der Waals surface area contributed by atoms with Crippen molar-refractivity contribution in [2.75, 3.05) is 13.6 Å². The number of thiazole rings is 1. The highest BCUT2D eigenvalue weighted by Crippen LogP contribution is 2.18. The van der Waals surface area contributed by atoms with E-state index in [2.05, 4.69) is 45.2 Å². The summed E-state index contributed by atoms with van der Waals surface area (Å²) in [6, 6.07) is 0.384. The van der Waals surface area contributed by atoms with E-state index in [1.165, 1.54) is 12.8 Å². The summed E-state index contributed by atoms with van der Waals surface area (Å²) in [5.41, 5.74) is 1.13. The number of rotatable bonds is 7. The van der Waals surface area contributed by atoms with E-state index in [0.717, 1.165) is 23.5 Å². The SMILES string of the molecule is CN=C(NCCC(=O)NC1CCCC1)NCc1nc(C(C)C)cs1. The molecule has 0 spiro atoms. The van der Waals surface area contributed by atoms with E-state index >= 15 is 0 Å². The highest BCUT2D eigenvalue weighted by Gasteiger charge is 2.16. The Morgan fingerprint density at radius 2 is 2.12 bits per heavy atom. The van der Waals surface area contributed by atoms with Crippen LogP contribution in [-0.2, 0) is 11.3 Å². The van der Waals surface area contributed by atoms with Crippen molar-refractivity contribution in [3.63, 3.8) is 0 Å². The molecule has 1 aromatic rings. The number of hydrogen-bond acceptors (Lipinski definition) is 4. The van der Waals surface area contributed by atoms with Gasteiger partial charge in [-0.25, -0.2) is 4.98 Å². The molecule has 0 atom stereocenters. The van der Waals surface area contributed by atoms with Gasteiger partial charge in [0.15, 0.2) is 5.96 Å². The lowest BCUT2D eigenvalue weighted by atomic mass is 10.2. The van der Waals surface area contributed by atoms with Crippen LogP contribution in [0.15, 0.2) is 10.4 Å². The lowest BCUT2D eigenvalue weighted by Crippen LogP contribution is -2.40. The van der Waals surface area contributed by atoms with Crippen molar-refractivity contribution in [1.29, 1.82) is 0 Å². The first-order valence-corrected chi connectivity index (χ1v) is 9.64. The molecule has 7 heteroatoms. The number of amides is 1. The van der Waals surface area contributed by atoms with Crippen molar-refractivity contribution in [3.8, 4) is 0 Å². The molecule has 1 fully saturated rings. The predicted octanol–water partition coefficient (Wildman–Crippen LogP) is 2.38. The second kappa shape index (κ2) is 9.61. The van der Waals surface area contributed by atoms with Gasteiger partial charge >= 0.3 is 0 Å².